The summed E-state index contributed by atoms with van der Waals surface area (Å²) in [5.41, 5.74) is 0.892. The van der Waals surface area contributed by atoms with Gasteiger partial charge in [0.1, 0.15) is 24.4 Å². The molecule has 3 rings (SSSR count). The average molecular weight is 252 g/mol. The van der Waals surface area contributed by atoms with Crippen LogP contribution in [-0.4, -0.2) is 47.8 Å². The molecule has 2 aliphatic rings. The van der Waals surface area contributed by atoms with Gasteiger partial charge in [0.05, 0.1) is 13.2 Å². The lowest BCUT2D eigenvalue weighted by Crippen LogP contribution is -2.58. The molecule has 0 aliphatic carbocycles. The fourth-order valence-corrected chi connectivity index (χ4v) is 2.31. The summed E-state index contributed by atoms with van der Waals surface area (Å²) in [7, 11) is 0. The topological polar surface area (TPSA) is 68.2 Å². The number of aliphatic hydroxyl groups is 2. The summed E-state index contributed by atoms with van der Waals surface area (Å²) in [6, 6.07) is 9.51. The van der Waals surface area contributed by atoms with Crippen LogP contribution in [0.1, 0.15) is 11.9 Å². The van der Waals surface area contributed by atoms with Gasteiger partial charge in [0.25, 0.3) is 0 Å². The zero-order chi connectivity index (χ0) is 12.5. The van der Waals surface area contributed by atoms with Gasteiger partial charge in [-0.2, -0.15) is 0 Å². The molecule has 5 heteroatoms. The van der Waals surface area contributed by atoms with Gasteiger partial charge in [-0.1, -0.05) is 30.3 Å². The number of fused-ring (bicyclic) bond motifs is 1. The minimum Gasteiger partial charge on any atom is -0.388 e. The highest BCUT2D eigenvalue weighted by molar-refractivity contribution is 5.16. The molecule has 5 atom stereocenters. The average Bonchev–Trinajstić information content (AvgIpc) is 2.44. The second-order valence-corrected chi connectivity index (χ2v) is 4.61. The van der Waals surface area contributed by atoms with Crippen LogP contribution in [0.2, 0.25) is 0 Å². The number of ether oxygens (including phenoxy) is 3. The third-order valence-electron chi connectivity index (χ3n) is 3.34. The lowest BCUT2D eigenvalue weighted by atomic mass is 9.99. The van der Waals surface area contributed by atoms with Crippen molar-refractivity contribution in [1.29, 1.82) is 0 Å². The zero-order valence-electron chi connectivity index (χ0n) is 9.81. The normalized spacial score (nSPS) is 40.2. The summed E-state index contributed by atoms with van der Waals surface area (Å²) in [5, 5.41) is 19.5. The van der Waals surface area contributed by atoms with Crippen molar-refractivity contribution in [2.24, 2.45) is 0 Å². The second-order valence-electron chi connectivity index (χ2n) is 4.61. The molecule has 2 aliphatic heterocycles. The Morgan fingerprint density at radius 2 is 1.78 bits per heavy atom. The van der Waals surface area contributed by atoms with Crippen molar-refractivity contribution in [3.05, 3.63) is 35.9 Å². The number of rotatable bonds is 1. The molecular formula is C13H16O5. The van der Waals surface area contributed by atoms with E-state index in [9.17, 15) is 10.2 Å². The number of hydrogen-bond acceptors (Lipinski definition) is 5. The van der Waals surface area contributed by atoms with Gasteiger partial charge < -0.3 is 24.4 Å². The van der Waals surface area contributed by atoms with Crippen LogP contribution in [0.4, 0.5) is 0 Å². The first-order valence-electron chi connectivity index (χ1n) is 6.05. The van der Waals surface area contributed by atoms with Crippen LogP contribution in [-0.2, 0) is 14.2 Å². The molecule has 1 aromatic rings. The van der Waals surface area contributed by atoms with Gasteiger partial charge in [0.15, 0.2) is 6.29 Å². The van der Waals surface area contributed by atoms with Gasteiger partial charge in [-0.3, -0.25) is 0 Å². The monoisotopic (exact) mass is 252 g/mol. The van der Waals surface area contributed by atoms with Gasteiger partial charge in [-0.05, 0) is 0 Å². The van der Waals surface area contributed by atoms with E-state index in [4.69, 9.17) is 14.2 Å². The molecular weight excluding hydrogens is 236 g/mol. The van der Waals surface area contributed by atoms with Crippen LogP contribution in [0.25, 0.3) is 0 Å². The fraction of sp³-hybridized carbons (Fsp3) is 0.538. The Balaban J connectivity index is 1.75. The van der Waals surface area contributed by atoms with Gasteiger partial charge in [-0.25, -0.2) is 0 Å². The lowest BCUT2D eigenvalue weighted by Gasteiger charge is -2.43. The number of hydrogen-bond donors (Lipinski definition) is 2. The Kier molecular flexibility index (Phi) is 3.32. The van der Waals surface area contributed by atoms with Crippen LogP contribution < -0.4 is 0 Å². The number of benzene rings is 1. The third kappa shape index (κ3) is 2.15. The molecule has 3 unspecified atom stereocenters. The van der Waals surface area contributed by atoms with E-state index in [0.29, 0.717) is 6.61 Å². The quantitative estimate of drug-likeness (QED) is 0.748. The molecule has 2 heterocycles. The highest BCUT2D eigenvalue weighted by Crippen LogP contribution is 2.31. The molecule has 0 amide bonds. The van der Waals surface area contributed by atoms with E-state index in [-0.39, 0.29) is 12.7 Å². The number of aliphatic hydroxyl groups excluding tert-OH is 2. The Morgan fingerprint density at radius 1 is 1.00 bits per heavy atom. The molecule has 1 aromatic carbocycles. The van der Waals surface area contributed by atoms with Crippen LogP contribution in [0.5, 0.6) is 0 Å². The van der Waals surface area contributed by atoms with E-state index in [0.717, 1.165) is 5.56 Å². The molecule has 0 spiro atoms. The Morgan fingerprint density at radius 3 is 2.56 bits per heavy atom. The maximum absolute atomic E-state index is 9.93. The highest BCUT2D eigenvalue weighted by atomic mass is 16.7. The molecule has 5 nitrogen and oxygen atoms in total. The minimum atomic E-state index is -0.932. The van der Waals surface area contributed by atoms with Crippen molar-refractivity contribution >= 4 is 0 Å². The Labute approximate surface area is 105 Å². The van der Waals surface area contributed by atoms with Gasteiger partial charge in [0, 0.05) is 5.56 Å². The molecule has 0 radical (unpaired) electrons. The van der Waals surface area contributed by atoms with Crippen LogP contribution in [0.3, 0.4) is 0 Å². The molecule has 2 saturated heterocycles. The predicted molar refractivity (Wildman–Crippen MR) is 61.8 cm³/mol. The standard InChI is InChI=1S/C13H16O5/c14-9-6-16-10-7-17-13(18-12(10)11(9)15)8-4-2-1-3-5-8/h1-5,9-15H,6-7H2/t9?,10?,11-,12-,13?/m1/s1. The van der Waals surface area contributed by atoms with E-state index in [1.807, 2.05) is 30.3 Å². The summed E-state index contributed by atoms with van der Waals surface area (Å²) < 4.78 is 16.7. The van der Waals surface area contributed by atoms with Crippen molar-refractivity contribution in [2.45, 2.75) is 30.7 Å². The second kappa shape index (κ2) is 4.95. The van der Waals surface area contributed by atoms with E-state index in [1.165, 1.54) is 0 Å². The van der Waals surface area contributed by atoms with Crippen molar-refractivity contribution in [2.75, 3.05) is 13.2 Å². The van der Waals surface area contributed by atoms with Gasteiger partial charge in [-0.15, -0.1) is 0 Å². The Hall–Kier alpha value is -0.980. The fourth-order valence-electron chi connectivity index (χ4n) is 2.31. The predicted octanol–water partition coefficient (Wildman–Crippen LogP) is 0.221. The van der Waals surface area contributed by atoms with Crippen LogP contribution in [0, 0.1) is 0 Å². The molecule has 2 N–H and O–H groups in total. The summed E-state index contributed by atoms with van der Waals surface area (Å²) in [6.07, 6.45) is -3.22. The summed E-state index contributed by atoms with van der Waals surface area (Å²) in [4.78, 5) is 0. The Bertz CT molecular complexity index is 394. The molecule has 0 aromatic heterocycles. The van der Waals surface area contributed by atoms with E-state index < -0.39 is 24.6 Å². The van der Waals surface area contributed by atoms with Crippen LogP contribution >= 0.6 is 0 Å². The first kappa shape index (κ1) is 12.1. The molecule has 0 bridgehead atoms. The van der Waals surface area contributed by atoms with Gasteiger partial charge in [0.2, 0.25) is 0 Å². The van der Waals surface area contributed by atoms with Gasteiger partial charge >= 0.3 is 0 Å². The van der Waals surface area contributed by atoms with E-state index in [2.05, 4.69) is 0 Å². The molecule has 2 fully saturated rings. The first-order chi connectivity index (χ1) is 8.75. The maximum Gasteiger partial charge on any atom is 0.184 e. The summed E-state index contributed by atoms with van der Waals surface area (Å²) in [5.74, 6) is 0. The first-order valence-corrected chi connectivity index (χ1v) is 6.05. The van der Waals surface area contributed by atoms with E-state index in [1.54, 1.807) is 0 Å². The molecule has 18 heavy (non-hydrogen) atoms. The smallest absolute Gasteiger partial charge is 0.184 e. The SMILES string of the molecule is OC1COC2COC(c3ccccc3)O[C@H]2[C@@H]1O. The molecule has 98 valence electrons. The van der Waals surface area contributed by atoms with Crippen LogP contribution in [0.15, 0.2) is 30.3 Å². The summed E-state index contributed by atoms with van der Waals surface area (Å²) >= 11 is 0. The van der Waals surface area contributed by atoms with Crippen molar-refractivity contribution < 1.29 is 24.4 Å². The van der Waals surface area contributed by atoms with Crippen molar-refractivity contribution in [3.8, 4) is 0 Å². The third-order valence-corrected chi connectivity index (χ3v) is 3.34. The lowest BCUT2D eigenvalue weighted by molar-refractivity contribution is -0.314. The molecule has 0 saturated carbocycles. The van der Waals surface area contributed by atoms with Crippen molar-refractivity contribution in [1.82, 2.24) is 0 Å². The van der Waals surface area contributed by atoms with E-state index >= 15 is 0 Å². The zero-order valence-corrected chi connectivity index (χ0v) is 9.81. The minimum absolute atomic E-state index is 0.116. The summed E-state index contributed by atoms with van der Waals surface area (Å²) in [6.45, 7) is 0.471. The largest absolute Gasteiger partial charge is 0.388 e. The highest BCUT2D eigenvalue weighted by Gasteiger charge is 2.44. The van der Waals surface area contributed by atoms with Crippen molar-refractivity contribution in [3.63, 3.8) is 0 Å². The maximum atomic E-state index is 9.93.